The Kier molecular flexibility index (Phi) is 5.52. The largest absolute Gasteiger partial charge is 0.379 e. The summed E-state index contributed by atoms with van der Waals surface area (Å²) in [5.41, 5.74) is 0.872. The first-order chi connectivity index (χ1) is 12.1. The molecule has 1 aromatic heterocycles. The number of halogens is 1. The first kappa shape index (κ1) is 17.2. The molecule has 2 aromatic rings. The number of hydrogen-bond acceptors (Lipinski definition) is 6. The number of aromatic nitrogens is 1. The highest BCUT2D eigenvalue weighted by Gasteiger charge is 2.24. The predicted molar refractivity (Wildman–Crippen MR) is 90.9 cm³/mol. The van der Waals surface area contributed by atoms with E-state index in [-0.39, 0.29) is 23.4 Å². The third kappa shape index (κ3) is 4.28. The molecule has 1 aliphatic heterocycles. The second-order valence-electron chi connectivity index (χ2n) is 5.72. The van der Waals surface area contributed by atoms with Crippen molar-refractivity contribution in [3.63, 3.8) is 0 Å². The normalized spacial score (nSPS) is 16.4. The van der Waals surface area contributed by atoms with E-state index < -0.39 is 4.92 Å². The van der Waals surface area contributed by atoms with Gasteiger partial charge in [0, 0.05) is 31.9 Å². The van der Waals surface area contributed by atoms with Gasteiger partial charge >= 0.3 is 5.69 Å². The Bertz CT molecular complexity index is 720. The number of pyridine rings is 1. The molecule has 25 heavy (non-hydrogen) atoms. The number of morpholine rings is 1. The first-order valence-corrected chi connectivity index (χ1v) is 8.05. The van der Waals surface area contributed by atoms with E-state index in [9.17, 15) is 14.5 Å². The van der Waals surface area contributed by atoms with Gasteiger partial charge in [-0.25, -0.2) is 9.37 Å². The number of nitro groups is 1. The zero-order valence-corrected chi connectivity index (χ0v) is 13.6. The van der Waals surface area contributed by atoms with E-state index in [0.717, 1.165) is 18.7 Å². The summed E-state index contributed by atoms with van der Waals surface area (Å²) in [6, 6.07) is 9.21. The third-order valence-corrected chi connectivity index (χ3v) is 4.19. The van der Waals surface area contributed by atoms with Gasteiger partial charge in [0.15, 0.2) is 0 Å². The lowest BCUT2D eigenvalue weighted by atomic mass is 10.0. The molecule has 3 rings (SSSR count). The van der Waals surface area contributed by atoms with E-state index >= 15 is 0 Å². The van der Waals surface area contributed by atoms with Crippen LogP contribution in [0.5, 0.6) is 0 Å². The highest BCUT2D eigenvalue weighted by molar-refractivity contribution is 5.55. The van der Waals surface area contributed by atoms with Gasteiger partial charge in [0.1, 0.15) is 5.82 Å². The average Bonchev–Trinajstić information content (AvgIpc) is 2.64. The molecule has 0 aliphatic carbocycles. The van der Waals surface area contributed by atoms with Crippen molar-refractivity contribution < 1.29 is 14.1 Å². The van der Waals surface area contributed by atoms with Crippen molar-refractivity contribution in [2.75, 3.05) is 38.2 Å². The number of hydrogen-bond donors (Lipinski definition) is 1. The smallest absolute Gasteiger partial charge is 0.311 e. The average molecular weight is 346 g/mol. The Balaban J connectivity index is 1.80. The van der Waals surface area contributed by atoms with Crippen LogP contribution in [0.1, 0.15) is 11.6 Å². The van der Waals surface area contributed by atoms with Crippen LogP contribution in [-0.2, 0) is 4.74 Å². The zero-order valence-electron chi connectivity index (χ0n) is 13.6. The van der Waals surface area contributed by atoms with Gasteiger partial charge in [-0.1, -0.05) is 12.1 Å². The second-order valence-corrected chi connectivity index (χ2v) is 5.72. The molecule has 0 amide bonds. The maximum absolute atomic E-state index is 13.3. The summed E-state index contributed by atoms with van der Waals surface area (Å²) in [5, 5.41) is 14.2. The Morgan fingerprint density at radius 2 is 2.00 bits per heavy atom. The summed E-state index contributed by atoms with van der Waals surface area (Å²) in [6.07, 6.45) is 1.51. The van der Waals surface area contributed by atoms with Gasteiger partial charge < -0.3 is 10.1 Å². The molecule has 1 saturated heterocycles. The van der Waals surface area contributed by atoms with E-state index in [1.165, 1.54) is 30.5 Å². The van der Waals surface area contributed by atoms with Crippen molar-refractivity contribution in [2.24, 2.45) is 0 Å². The van der Waals surface area contributed by atoms with Gasteiger partial charge in [0.25, 0.3) is 0 Å². The van der Waals surface area contributed by atoms with Crippen LogP contribution in [0.2, 0.25) is 0 Å². The van der Waals surface area contributed by atoms with Crippen LogP contribution in [-0.4, -0.2) is 47.7 Å². The molecule has 0 saturated carbocycles. The Labute approximate surface area is 144 Å². The zero-order chi connectivity index (χ0) is 17.6. The van der Waals surface area contributed by atoms with Crippen LogP contribution in [0.4, 0.5) is 15.9 Å². The highest BCUT2D eigenvalue weighted by Crippen LogP contribution is 2.25. The first-order valence-electron chi connectivity index (χ1n) is 8.05. The molecule has 0 radical (unpaired) electrons. The lowest BCUT2D eigenvalue weighted by Crippen LogP contribution is -2.41. The monoisotopic (exact) mass is 346 g/mol. The van der Waals surface area contributed by atoms with Crippen molar-refractivity contribution in [1.82, 2.24) is 9.88 Å². The topological polar surface area (TPSA) is 80.5 Å². The third-order valence-electron chi connectivity index (χ3n) is 4.19. The van der Waals surface area contributed by atoms with Gasteiger partial charge in [-0.15, -0.1) is 0 Å². The fourth-order valence-electron chi connectivity index (χ4n) is 2.91. The number of anilines is 1. The molecule has 8 heteroatoms. The van der Waals surface area contributed by atoms with Gasteiger partial charge in [0.2, 0.25) is 5.82 Å². The number of ether oxygens (including phenoxy) is 1. The van der Waals surface area contributed by atoms with E-state index in [1.807, 2.05) is 0 Å². The molecule has 1 atom stereocenters. The summed E-state index contributed by atoms with van der Waals surface area (Å²) >= 11 is 0. The minimum atomic E-state index is -0.461. The minimum Gasteiger partial charge on any atom is -0.379 e. The lowest BCUT2D eigenvalue weighted by Gasteiger charge is -2.35. The molecular weight excluding hydrogens is 327 g/mol. The van der Waals surface area contributed by atoms with Crippen molar-refractivity contribution in [1.29, 1.82) is 0 Å². The molecule has 0 bridgehead atoms. The highest BCUT2D eigenvalue weighted by atomic mass is 19.1. The number of rotatable bonds is 6. The maximum atomic E-state index is 13.3. The van der Waals surface area contributed by atoms with Gasteiger partial charge in [-0.05, 0) is 23.8 Å². The van der Waals surface area contributed by atoms with Gasteiger partial charge in [0.05, 0.1) is 24.2 Å². The number of benzene rings is 1. The molecule has 2 heterocycles. The Morgan fingerprint density at radius 1 is 1.28 bits per heavy atom. The quantitative estimate of drug-likeness (QED) is 0.640. The van der Waals surface area contributed by atoms with E-state index in [0.29, 0.717) is 19.8 Å². The Morgan fingerprint density at radius 3 is 2.68 bits per heavy atom. The fourth-order valence-corrected chi connectivity index (χ4v) is 2.91. The van der Waals surface area contributed by atoms with Crippen LogP contribution in [0.25, 0.3) is 0 Å². The second kappa shape index (κ2) is 8.00. The standard InChI is InChI=1S/C17H19FN4O3/c18-14-5-3-13(4-6-14)16(21-8-10-25-11-9-21)12-20-17-15(22(23)24)2-1-7-19-17/h1-7,16H,8-12H2,(H,19,20). The minimum absolute atomic E-state index is 0.0638. The summed E-state index contributed by atoms with van der Waals surface area (Å²) in [6.45, 7) is 3.16. The van der Waals surface area contributed by atoms with Crippen LogP contribution in [0.3, 0.4) is 0 Å². The SMILES string of the molecule is O=[N+]([O-])c1cccnc1NCC(c1ccc(F)cc1)N1CCOCC1. The molecule has 1 fully saturated rings. The summed E-state index contributed by atoms with van der Waals surface area (Å²) < 4.78 is 18.6. The summed E-state index contributed by atoms with van der Waals surface area (Å²) in [7, 11) is 0. The van der Waals surface area contributed by atoms with Crippen molar-refractivity contribution in [2.45, 2.75) is 6.04 Å². The summed E-state index contributed by atoms with van der Waals surface area (Å²) in [4.78, 5) is 17.0. The fraction of sp³-hybridized carbons (Fsp3) is 0.353. The number of nitrogens with one attached hydrogen (secondary N) is 1. The number of nitrogens with zero attached hydrogens (tertiary/aromatic N) is 3. The van der Waals surface area contributed by atoms with Crippen LogP contribution >= 0.6 is 0 Å². The molecule has 1 N–H and O–H groups in total. The molecule has 132 valence electrons. The molecule has 1 aliphatic rings. The van der Waals surface area contributed by atoms with Crippen LogP contribution < -0.4 is 5.32 Å². The molecule has 7 nitrogen and oxygen atoms in total. The molecule has 1 unspecified atom stereocenters. The van der Waals surface area contributed by atoms with Crippen LogP contribution in [0.15, 0.2) is 42.6 Å². The molecule has 0 spiro atoms. The molecular formula is C17H19FN4O3. The van der Waals surface area contributed by atoms with Gasteiger partial charge in [-0.3, -0.25) is 15.0 Å². The summed E-state index contributed by atoms with van der Waals surface area (Å²) in [5.74, 6) is -0.0642. The van der Waals surface area contributed by atoms with E-state index in [1.54, 1.807) is 12.1 Å². The lowest BCUT2D eigenvalue weighted by molar-refractivity contribution is -0.384. The van der Waals surface area contributed by atoms with Crippen molar-refractivity contribution in [3.8, 4) is 0 Å². The van der Waals surface area contributed by atoms with E-state index in [4.69, 9.17) is 4.74 Å². The molecule has 1 aromatic carbocycles. The van der Waals surface area contributed by atoms with Crippen molar-refractivity contribution >= 4 is 11.5 Å². The van der Waals surface area contributed by atoms with Crippen LogP contribution in [0, 0.1) is 15.9 Å². The van der Waals surface area contributed by atoms with Crippen molar-refractivity contribution in [3.05, 3.63) is 64.1 Å². The maximum Gasteiger partial charge on any atom is 0.311 e. The Hall–Kier alpha value is -2.58. The van der Waals surface area contributed by atoms with Gasteiger partial charge in [-0.2, -0.15) is 0 Å². The van der Waals surface area contributed by atoms with E-state index in [2.05, 4.69) is 15.2 Å². The predicted octanol–water partition coefficient (Wildman–Crippen LogP) is 2.61.